The number of aliphatic hydroxyl groups is 1. The van der Waals surface area contributed by atoms with Gasteiger partial charge in [0, 0.05) is 17.3 Å². The first-order valence-corrected chi connectivity index (χ1v) is 6.81. The number of benzene rings is 1. The second-order valence-electron chi connectivity index (χ2n) is 4.11. The molecule has 16 heavy (non-hydrogen) atoms. The predicted octanol–water partition coefficient (Wildman–Crippen LogP) is 2.84. The Morgan fingerprint density at radius 1 is 1.38 bits per heavy atom. The van der Waals surface area contributed by atoms with Crippen LogP contribution in [0, 0.1) is 0 Å². The van der Waals surface area contributed by atoms with Gasteiger partial charge >= 0.3 is 0 Å². The van der Waals surface area contributed by atoms with Gasteiger partial charge in [-0.1, -0.05) is 12.1 Å². The van der Waals surface area contributed by atoms with Crippen molar-refractivity contribution in [1.82, 2.24) is 0 Å². The molecule has 0 radical (unpaired) electrons. The van der Waals surface area contributed by atoms with Gasteiger partial charge in [-0.15, -0.1) is 11.8 Å². The monoisotopic (exact) mass is 238 g/mol. The van der Waals surface area contributed by atoms with Gasteiger partial charge in [-0.25, -0.2) is 0 Å². The van der Waals surface area contributed by atoms with E-state index in [4.69, 9.17) is 9.84 Å². The first-order chi connectivity index (χ1) is 7.88. The van der Waals surface area contributed by atoms with Crippen molar-refractivity contribution in [2.75, 3.05) is 12.4 Å². The number of aliphatic hydroxyl groups excluding tert-OH is 1. The molecule has 0 saturated carbocycles. The molecule has 0 bridgehead atoms. The summed E-state index contributed by atoms with van der Waals surface area (Å²) in [7, 11) is 0. The molecule has 88 valence electrons. The van der Waals surface area contributed by atoms with Crippen LogP contribution in [-0.4, -0.2) is 23.6 Å². The molecule has 1 aromatic rings. The van der Waals surface area contributed by atoms with Crippen LogP contribution in [0.1, 0.15) is 24.8 Å². The lowest BCUT2D eigenvalue weighted by Crippen LogP contribution is -2.21. The zero-order chi connectivity index (χ0) is 11.2. The van der Waals surface area contributed by atoms with Gasteiger partial charge < -0.3 is 9.84 Å². The van der Waals surface area contributed by atoms with Gasteiger partial charge in [0.25, 0.3) is 0 Å². The third-order valence-corrected chi connectivity index (χ3v) is 3.92. The standard InChI is InChI=1S/C13H18O2S/c14-9-11-4-3-6-13(8-11)16-10-12-5-1-2-7-15-12/h3-4,6,8,12,14H,1-2,5,7,9-10H2. The molecule has 1 aromatic carbocycles. The zero-order valence-electron chi connectivity index (χ0n) is 9.39. The quantitative estimate of drug-likeness (QED) is 0.818. The van der Waals surface area contributed by atoms with Crippen LogP contribution in [0.15, 0.2) is 29.2 Å². The normalized spacial score (nSPS) is 20.9. The zero-order valence-corrected chi connectivity index (χ0v) is 10.2. The summed E-state index contributed by atoms with van der Waals surface area (Å²) in [4.78, 5) is 1.22. The number of hydrogen-bond donors (Lipinski definition) is 1. The van der Waals surface area contributed by atoms with Gasteiger partial charge in [-0.2, -0.15) is 0 Å². The van der Waals surface area contributed by atoms with Gasteiger partial charge in [0.15, 0.2) is 0 Å². The summed E-state index contributed by atoms with van der Waals surface area (Å²) in [6.45, 7) is 1.04. The highest BCUT2D eigenvalue weighted by atomic mass is 32.2. The number of ether oxygens (including phenoxy) is 1. The summed E-state index contributed by atoms with van der Waals surface area (Å²) in [5.74, 6) is 1.02. The van der Waals surface area contributed by atoms with Crippen LogP contribution in [-0.2, 0) is 11.3 Å². The lowest BCUT2D eigenvalue weighted by atomic mass is 10.1. The molecule has 2 nitrogen and oxygen atoms in total. The highest BCUT2D eigenvalue weighted by Crippen LogP contribution is 2.24. The Labute approximate surface area is 101 Å². The van der Waals surface area contributed by atoms with E-state index in [1.54, 1.807) is 0 Å². The molecule has 1 saturated heterocycles. The summed E-state index contributed by atoms with van der Waals surface area (Å²) in [5, 5.41) is 9.05. The first kappa shape index (κ1) is 12.0. The Morgan fingerprint density at radius 2 is 2.31 bits per heavy atom. The molecule has 0 aliphatic carbocycles. The van der Waals surface area contributed by atoms with Crippen LogP contribution in [0.3, 0.4) is 0 Å². The minimum atomic E-state index is 0.119. The summed E-state index contributed by atoms with van der Waals surface area (Å²) in [5.41, 5.74) is 0.981. The van der Waals surface area contributed by atoms with Crippen molar-refractivity contribution >= 4 is 11.8 Å². The third-order valence-electron chi connectivity index (χ3n) is 2.79. The Kier molecular flexibility index (Phi) is 4.69. The van der Waals surface area contributed by atoms with E-state index in [0.717, 1.165) is 17.9 Å². The van der Waals surface area contributed by atoms with E-state index in [2.05, 4.69) is 6.07 Å². The minimum Gasteiger partial charge on any atom is -0.392 e. The van der Waals surface area contributed by atoms with Crippen molar-refractivity contribution in [3.8, 4) is 0 Å². The minimum absolute atomic E-state index is 0.119. The molecule has 1 N–H and O–H groups in total. The summed E-state index contributed by atoms with van der Waals surface area (Å²) in [6, 6.07) is 8.08. The second kappa shape index (κ2) is 6.28. The van der Waals surface area contributed by atoms with Gasteiger partial charge in [-0.3, -0.25) is 0 Å². The van der Waals surface area contributed by atoms with Crippen molar-refractivity contribution in [1.29, 1.82) is 0 Å². The molecule has 1 unspecified atom stereocenters. The number of rotatable bonds is 4. The molecule has 1 heterocycles. The molecule has 1 aliphatic heterocycles. The summed E-state index contributed by atoms with van der Waals surface area (Å²) in [6.07, 6.45) is 4.10. The first-order valence-electron chi connectivity index (χ1n) is 5.82. The lowest BCUT2D eigenvalue weighted by molar-refractivity contribution is 0.0315. The van der Waals surface area contributed by atoms with E-state index in [9.17, 15) is 0 Å². The molecule has 3 heteroatoms. The topological polar surface area (TPSA) is 29.5 Å². The van der Waals surface area contributed by atoms with E-state index >= 15 is 0 Å². The molecule has 0 aromatic heterocycles. The molecule has 1 atom stereocenters. The van der Waals surface area contributed by atoms with E-state index in [0.29, 0.717) is 6.10 Å². The average molecular weight is 238 g/mol. The van der Waals surface area contributed by atoms with Crippen molar-refractivity contribution < 1.29 is 9.84 Å². The predicted molar refractivity (Wildman–Crippen MR) is 66.7 cm³/mol. The lowest BCUT2D eigenvalue weighted by Gasteiger charge is -2.22. The van der Waals surface area contributed by atoms with Crippen LogP contribution in [0.25, 0.3) is 0 Å². The Morgan fingerprint density at radius 3 is 3.06 bits per heavy atom. The maximum absolute atomic E-state index is 9.05. The van der Waals surface area contributed by atoms with Crippen molar-refractivity contribution in [2.45, 2.75) is 36.9 Å². The van der Waals surface area contributed by atoms with E-state index in [-0.39, 0.29) is 6.61 Å². The largest absolute Gasteiger partial charge is 0.392 e. The number of thioether (sulfide) groups is 1. The second-order valence-corrected chi connectivity index (χ2v) is 5.20. The van der Waals surface area contributed by atoms with Crippen LogP contribution in [0.5, 0.6) is 0 Å². The fraction of sp³-hybridized carbons (Fsp3) is 0.538. The fourth-order valence-electron chi connectivity index (χ4n) is 1.86. The summed E-state index contributed by atoms with van der Waals surface area (Å²) < 4.78 is 5.69. The Hall–Kier alpha value is -0.510. The van der Waals surface area contributed by atoms with Crippen molar-refractivity contribution in [3.63, 3.8) is 0 Å². The maximum atomic E-state index is 9.05. The van der Waals surface area contributed by atoms with Crippen LogP contribution < -0.4 is 0 Å². The van der Waals surface area contributed by atoms with E-state index < -0.39 is 0 Å². The van der Waals surface area contributed by atoms with Gasteiger partial charge in [0.1, 0.15) is 0 Å². The SMILES string of the molecule is OCc1cccc(SCC2CCCCO2)c1. The Bertz CT molecular complexity index is 321. The van der Waals surface area contributed by atoms with Gasteiger partial charge in [0.05, 0.1) is 12.7 Å². The average Bonchev–Trinajstić information content (AvgIpc) is 2.38. The van der Waals surface area contributed by atoms with Crippen molar-refractivity contribution in [2.24, 2.45) is 0 Å². The van der Waals surface area contributed by atoms with E-state index in [1.165, 1.54) is 24.2 Å². The molecular formula is C13H18O2S. The highest BCUT2D eigenvalue weighted by Gasteiger charge is 2.13. The molecular weight excluding hydrogens is 220 g/mol. The smallest absolute Gasteiger partial charge is 0.0682 e. The molecule has 1 aliphatic rings. The molecule has 2 rings (SSSR count). The summed E-state index contributed by atoms with van der Waals surface area (Å²) >= 11 is 1.82. The third kappa shape index (κ3) is 3.51. The highest BCUT2D eigenvalue weighted by molar-refractivity contribution is 7.99. The van der Waals surface area contributed by atoms with Crippen molar-refractivity contribution in [3.05, 3.63) is 29.8 Å². The molecule has 0 spiro atoms. The van der Waals surface area contributed by atoms with Crippen LogP contribution in [0.2, 0.25) is 0 Å². The van der Waals surface area contributed by atoms with E-state index in [1.807, 2.05) is 30.0 Å². The molecule has 0 amide bonds. The Balaban J connectivity index is 1.83. The van der Waals surface area contributed by atoms with Gasteiger partial charge in [0.2, 0.25) is 0 Å². The maximum Gasteiger partial charge on any atom is 0.0682 e. The van der Waals surface area contributed by atoms with Crippen LogP contribution >= 0.6 is 11.8 Å². The van der Waals surface area contributed by atoms with Crippen LogP contribution in [0.4, 0.5) is 0 Å². The fourth-order valence-corrected chi connectivity index (χ4v) is 2.91. The van der Waals surface area contributed by atoms with Gasteiger partial charge in [-0.05, 0) is 37.0 Å². The molecule has 1 fully saturated rings. The number of hydrogen-bond acceptors (Lipinski definition) is 3.